The second-order valence-corrected chi connectivity index (χ2v) is 10.2. The molecule has 0 aromatic heterocycles. The van der Waals surface area contributed by atoms with Crippen LogP contribution in [-0.2, 0) is 24.3 Å². The lowest BCUT2D eigenvalue weighted by atomic mass is 10.2. The Balaban J connectivity index is 1.54. The van der Waals surface area contributed by atoms with E-state index in [9.17, 15) is 22.8 Å². The van der Waals surface area contributed by atoms with E-state index >= 15 is 0 Å². The fourth-order valence-electron chi connectivity index (χ4n) is 3.58. The topological polar surface area (TPSA) is 136 Å². The van der Waals surface area contributed by atoms with Crippen molar-refractivity contribution in [3.8, 4) is 0 Å². The highest BCUT2D eigenvalue weighted by Gasteiger charge is 2.24. The molecular weight excluding hydrogens is 470 g/mol. The number of carbonyl (C=O) groups excluding carboxylic acids is 3. The monoisotopic (exact) mass is 499 g/mol. The summed E-state index contributed by atoms with van der Waals surface area (Å²) in [5, 5.41) is 2.58. The third kappa shape index (κ3) is 7.24. The standard InChI is InChI=1S/C25H29N3O6S/c1-18(25(31)27-21-11-9-20(10-12-21)24(26)30)34-23(29)15-8-19-6-13-22(14-7-19)35(32,33)28-16-4-2-3-5-17-28/h6-15,18H,2-5,16-17H2,1H3,(H2,26,30)(H,27,31)/b15-8+. The number of benzene rings is 2. The molecule has 1 heterocycles. The lowest BCUT2D eigenvalue weighted by molar-refractivity contribution is -0.148. The predicted octanol–water partition coefficient (Wildman–Crippen LogP) is 2.93. The van der Waals surface area contributed by atoms with Crippen LogP contribution in [0.4, 0.5) is 5.69 Å². The molecule has 1 aliphatic rings. The van der Waals surface area contributed by atoms with Gasteiger partial charge in [0.15, 0.2) is 6.10 Å². The van der Waals surface area contributed by atoms with Crippen LogP contribution in [0.25, 0.3) is 6.08 Å². The zero-order valence-corrected chi connectivity index (χ0v) is 20.3. The number of nitrogens with two attached hydrogens (primary N) is 1. The number of hydrogen-bond acceptors (Lipinski definition) is 6. The molecule has 0 spiro atoms. The molecule has 35 heavy (non-hydrogen) atoms. The molecule has 1 atom stereocenters. The summed E-state index contributed by atoms with van der Waals surface area (Å²) in [7, 11) is -3.54. The third-order valence-electron chi connectivity index (χ3n) is 5.59. The van der Waals surface area contributed by atoms with E-state index in [1.54, 1.807) is 12.1 Å². The molecule has 3 N–H and O–H groups in total. The van der Waals surface area contributed by atoms with Gasteiger partial charge in [0.25, 0.3) is 5.91 Å². The van der Waals surface area contributed by atoms with Gasteiger partial charge in [-0.05, 0) is 67.8 Å². The molecule has 2 aromatic carbocycles. The molecule has 1 aliphatic heterocycles. The summed E-state index contributed by atoms with van der Waals surface area (Å²) in [5.41, 5.74) is 6.53. The Bertz CT molecular complexity index is 1180. The van der Waals surface area contributed by atoms with Gasteiger partial charge in [0.05, 0.1) is 4.90 Å². The SMILES string of the molecule is CC(OC(=O)/C=C/c1ccc(S(=O)(=O)N2CCCCCC2)cc1)C(=O)Nc1ccc(C(N)=O)cc1. The zero-order chi connectivity index (χ0) is 25.4. The summed E-state index contributed by atoms with van der Waals surface area (Å²) in [6.07, 6.45) is 5.39. The number of sulfonamides is 1. The van der Waals surface area contributed by atoms with Crippen molar-refractivity contribution in [1.29, 1.82) is 0 Å². The fraction of sp³-hybridized carbons (Fsp3) is 0.320. The van der Waals surface area contributed by atoms with E-state index in [2.05, 4.69) is 5.32 Å². The first-order valence-electron chi connectivity index (χ1n) is 11.4. The minimum absolute atomic E-state index is 0.216. The van der Waals surface area contributed by atoms with Gasteiger partial charge in [0.2, 0.25) is 15.9 Å². The van der Waals surface area contributed by atoms with Crippen LogP contribution < -0.4 is 11.1 Å². The van der Waals surface area contributed by atoms with Crippen molar-refractivity contribution in [2.75, 3.05) is 18.4 Å². The van der Waals surface area contributed by atoms with E-state index in [0.29, 0.717) is 29.9 Å². The van der Waals surface area contributed by atoms with Crippen molar-refractivity contribution < 1.29 is 27.5 Å². The Hall–Kier alpha value is -3.50. The molecule has 1 unspecified atom stereocenters. The first-order valence-corrected chi connectivity index (χ1v) is 12.8. The summed E-state index contributed by atoms with van der Waals surface area (Å²) in [6.45, 7) is 2.49. The number of nitrogens with one attached hydrogen (secondary N) is 1. The summed E-state index contributed by atoms with van der Waals surface area (Å²) < 4.78 is 32.4. The second kappa shape index (κ2) is 11.8. The largest absolute Gasteiger partial charge is 0.449 e. The van der Waals surface area contributed by atoms with Crippen molar-refractivity contribution in [1.82, 2.24) is 4.31 Å². The Labute approximate surface area is 205 Å². The molecule has 10 heteroatoms. The number of nitrogens with zero attached hydrogens (tertiary/aromatic N) is 1. The molecule has 9 nitrogen and oxygen atoms in total. The van der Waals surface area contributed by atoms with Crippen LogP contribution in [0.1, 0.15) is 48.5 Å². The van der Waals surface area contributed by atoms with E-state index in [1.165, 1.54) is 59.8 Å². The molecule has 0 radical (unpaired) electrons. The maximum Gasteiger partial charge on any atom is 0.331 e. The van der Waals surface area contributed by atoms with Gasteiger partial charge in [-0.25, -0.2) is 13.2 Å². The van der Waals surface area contributed by atoms with Gasteiger partial charge in [-0.1, -0.05) is 25.0 Å². The highest BCUT2D eigenvalue weighted by molar-refractivity contribution is 7.89. The van der Waals surface area contributed by atoms with Crippen LogP contribution in [-0.4, -0.2) is 49.7 Å². The number of esters is 1. The van der Waals surface area contributed by atoms with Gasteiger partial charge >= 0.3 is 5.97 Å². The number of rotatable bonds is 8. The minimum Gasteiger partial charge on any atom is -0.449 e. The van der Waals surface area contributed by atoms with Gasteiger partial charge in [-0.3, -0.25) is 9.59 Å². The van der Waals surface area contributed by atoms with Crippen LogP contribution in [0.15, 0.2) is 59.5 Å². The van der Waals surface area contributed by atoms with Crippen molar-refractivity contribution in [3.63, 3.8) is 0 Å². The van der Waals surface area contributed by atoms with Gasteiger partial charge in [0.1, 0.15) is 0 Å². The van der Waals surface area contributed by atoms with Crippen molar-refractivity contribution in [3.05, 3.63) is 65.7 Å². The molecule has 1 fully saturated rings. The first kappa shape index (κ1) is 26.1. The molecule has 0 bridgehead atoms. The van der Waals surface area contributed by atoms with Crippen molar-refractivity contribution in [2.24, 2.45) is 5.73 Å². The number of carbonyl (C=O) groups is 3. The predicted molar refractivity (Wildman–Crippen MR) is 132 cm³/mol. The molecule has 186 valence electrons. The smallest absolute Gasteiger partial charge is 0.331 e. The fourth-order valence-corrected chi connectivity index (χ4v) is 5.09. The van der Waals surface area contributed by atoms with Gasteiger partial charge in [-0.2, -0.15) is 4.31 Å². The maximum atomic E-state index is 12.9. The highest BCUT2D eigenvalue weighted by Crippen LogP contribution is 2.21. The normalized spacial score (nSPS) is 15.8. The van der Waals surface area contributed by atoms with Gasteiger partial charge in [-0.15, -0.1) is 0 Å². The molecular formula is C25H29N3O6S. The maximum absolute atomic E-state index is 12.9. The number of ether oxygens (including phenoxy) is 1. The Morgan fingerprint density at radius 1 is 0.971 bits per heavy atom. The second-order valence-electron chi connectivity index (χ2n) is 8.23. The van der Waals surface area contributed by atoms with Gasteiger partial charge < -0.3 is 15.8 Å². The minimum atomic E-state index is -3.54. The lowest BCUT2D eigenvalue weighted by Crippen LogP contribution is -2.31. The quantitative estimate of drug-likeness (QED) is 0.423. The first-order chi connectivity index (χ1) is 16.7. The molecule has 2 amide bonds. The number of anilines is 1. The summed E-state index contributed by atoms with van der Waals surface area (Å²) >= 11 is 0. The number of amides is 2. The molecule has 0 aliphatic carbocycles. The Morgan fingerprint density at radius 2 is 1.57 bits per heavy atom. The van der Waals surface area contributed by atoms with Gasteiger partial charge in [0, 0.05) is 30.4 Å². The van der Waals surface area contributed by atoms with E-state index in [4.69, 9.17) is 10.5 Å². The highest BCUT2D eigenvalue weighted by atomic mass is 32.2. The van der Waals surface area contributed by atoms with E-state index in [-0.39, 0.29) is 4.90 Å². The third-order valence-corrected chi connectivity index (χ3v) is 7.51. The van der Waals surface area contributed by atoms with E-state index < -0.39 is 33.9 Å². The van der Waals surface area contributed by atoms with Crippen LogP contribution in [0, 0.1) is 0 Å². The average molecular weight is 500 g/mol. The lowest BCUT2D eigenvalue weighted by Gasteiger charge is -2.19. The number of primary amides is 1. The van der Waals surface area contributed by atoms with E-state index in [1.807, 2.05) is 0 Å². The summed E-state index contributed by atoms with van der Waals surface area (Å²) in [4.78, 5) is 35.7. The number of hydrogen-bond donors (Lipinski definition) is 2. The molecule has 3 rings (SSSR count). The van der Waals surface area contributed by atoms with Crippen LogP contribution in [0.2, 0.25) is 0 Å². The summed E-state index contributed by atoms with van der Waals surface area (Å²) in [6, 6.07) is 12.2. The van der Waals surface area contributed by atoms with Crippen molar-refractivity contribution in [2.45, 2.75) is 43.6 Å². The van der Waals surface area contributed by atoms with Crippen LogP contribution >= 0.6 is 0 Å². The Morgan fingerprint density at radius 3 is 2.14 bits per heavy atom. The molecule has 0 saturated carbocycles. The molecule has 1 saturated heterocycles. The zero-order valence-electron chi connectivity index (χ0n) is 19.5. The summed E-state index contributed by atoms with van der Waals surface area (Å²) in [5.74, 6) is -1.84. The van der Waals surface area contributed by atoms with E-state index in [0.717, 1.165) is 25.7 Å². The van der Waals surface area contributed by atoms with Crippen LogP contribution in [0.5, 0.6) is 0 Å². The van der Waals surface area contributed by atoms with Crippen molar-refractivity contribution >= 4 is 39.6 Å². The molecule has 2 aromatic rings. The Kier molecular flexibility index (Phi) is 8.78. The van der Waals surface area contributed by atoms with Crippen LogP contribution in [0.3, 0.4) is 0 Å². The average Bonchev–Trinajstić information content (AvgIpc) is 3.13.